The van der Waals surface area contributed by atoms with E-state index in [0.717, 1.165) is 27.3 Å². The number of pyridine rings is 2. The van der Waals surface area contributed by atoms with Gasteiger partial charge in [-0.15, -0.1) is 0 Å². The second-order valence-electron chi connectivity index (χ2n) is 6.32. The minimum Gasteiger partial charge on any atom is -1.00 e. The molecule has 0 aliphatic rings. The van der Waals surface area contributed by atoms with E-state index in [1.54, 1.807) is 21.2 Å². The zero-order valence-corrected chi connectivity index (χ0v) is 14.8. The Morgan fingerprint density at radius 3 is 2.37 bits per heavy atom. The van der Waals surface area contributed by atoms with Crippen molar-refractivity contribution in [2.45, 2.75) is 6.54 Å². The van der Waals surface area contributed by atoms with Crippen LogP contribution in [0, 0.1) is 11.6 Å². The molecule has 2 aromatic carbocycles. The number of hydrogen-bond acceptors (Lipinski definition) is 1. The highest BCUT2D eigenvalue weighted by atomic mass is 35.5. The van der Waals surface area contributed by atoms with Crippen molar-refractivity contribution in [1.82, 2.24) is 4.40 Å². The molecule has 0 aliphatic carbocycles. The fraction of sp³-hybridized carbons (Fsp3) is 0.0476. The normalized spacial score (nSPS) is 11.3. The lowest BCUT2D eigenvalue weighted by Gasteiger charge is -2.05. The molecule has 3 aromatic heterocycles. The maximum Gasteiger partial charge on any atom is 0.256 e. The van der Waals surface area contributed by atoms with E-state index in [1.807, 2.05) is 30.3 Å². The van der Waals surface area contributed by atoms with E-state index >= 15 is 0 Å². The molecule has 0 fully saturated rings. The molecule has 27 heavy (non-hydrogen) atoms. The van der Waals surface area contributed by atoms with Gasteiger partial charge in [0.15, 0.2) is 12.7 Å². The lowest BCUT2D eigenvalue weighted by Crippen LogP contribution is -3.00. The van der Waals surface area contributed by atoms with Gasteiger partial charge in [0, 0.05) is 29.0 Å². The maximum atomic E-state index is 14.1. The van der Waals surface area contributed by atoms with Crippen LogP contribution in [0.3, 0.4) is 0 Å². The number of benzene rings is 2. The van der Waals surface area contributed by atoms with Crippen LogP contribution in [0.2, 0.25) is 0 Å². The van der Waals surface area contributed by atoms with Crippen LogP contribution in [0.1, 0.15) is 5.56 Å². The average molecular weight is 383 g/mol. The summed E-state index contributed by atoms with van der Waals surface area (Å²) in [6.45, 7) is 0.0455. The van der Waals surface area contributed by atoms with E-state index < -0.39 is 11.6 Å². The van der Waals surface area contributed by atoms with Crippen molar-refractivity contribution in [3.8, 4) is 0 Å². The number of hydrogen-bond donors (Lipinski definition) is 0. The summed E-state index contributed by atoms with van der Waals surface area (Å²) in [5.74, 6) is -1.16. The first-order valence-electron chi connectivity index (χ1n) is 8.26. The summed E-state index contributed by atoms with van der Waals surface area (Å²) in [5, 5.41) is 1.92. The molecule has 0 N–H and O–H groups in total. The number of aromatic nitrogens is 2. The summed E-state index contributed by atoms with van der Waals surface area (Å²) in [6.07, 6.45) is 1.81. The first kappa shape index (κ1) is 17.4. The quantitative estimate of drug-likeness (QED) is 0.412. The number of halogens is 3. The highest BCUT2D eigenvalue weighted by Gasteiger charge is 2.21. The molecular weight excluding hydrogens is 370 g/mol. The first-order chi connectivity index (χ1) is 12.6. The van der Waals surface area contributed by atoms with E-state index in [1.165, 1.54) is 24.3 Å². The van der Waals surface area contributed by atoms with Crippen molar-refractivity contribution in [3.63, 3.8) is 0 Å². The van der Waals surface area contributed by atoms with Gasteiger partial charge in [-0.3, -0.25) is 9.20 Å². The lowest BCUT2D eigenvalue weighted by molar-refractivity contribution is -0.662. The zero-order valence-electron chi connectivity index (χ0n) is 14.0. The van der Waals surface area contributed by atoms with Gasteiger partial charge in [0.25, 0.3) is 5.56 Å². The van der Waals surface area contributed by atoms with E-state index in [2.05, 4.69) is 0 Å². The van der Waals surface area contributed by atoms with E-state index in [-0.39, 0.29) is 30.1 Å². The molecule has 0 radical (unpaired) electrons. The van der Waals surface area contributed by atoms with Crippen LogP contribution in [-0.4, -0.2) is 4.40 Å². The molecule has 0 spiro atoms. The molecule has 3 heterocycles. The van der Waals surface area contributed by atoms with Gasteiger partial charge in [0.05, 0.1) is 11.1 Å². The van der Waals surface area contributed by atoms with Crippen LogP contribution in [0.25, 0.3) is 27.3 Å². The summed E-state index contributed by atoms with van der Waals surface area (Å²) in [5.41, 5.74) is 2.21. The molecule has 0 unspecified atom stereocenters. The predicted octanol–water partition coefficient (Wildman–Crippen LogP) is 0.662. The summed E-state index contributed by atoms with van der Waals surface area (Å²) in [6, 6.07) is 16.6. The summed E-state index contributed by atoms with van der Waals surface area (Å²) >= 11 is 0. The molecule has 3 nitrogen and oxygen atoms in total. The van der Waals surface area contributed by atoms with Gasteiger partial charge in [-0.05, 0) is 18.2 Å². The molecule has 6 heteroatoms. The predicted molar refractivity (Wildman–Crippen MR) is 95.5 cm³/mol. The first-order valence-corrected chi connectivity index (χ1v) is 8.26. The van der Waals surface area contributed by atoms with Crippen LogP contribution in [0.5, 0.6) is 0 Å². The molecule has 5 rings (SSSR count). The van der Waals surface area contributed by atoms with Crippen molar-refractivity contribution in [3.05, 3.63) is 94.4 Å². The number of para-hydroxylation sites is 1. The number of fused-ring (bicyclic) bond motifs is 3. The molecule has 0 atom stereocenters. The number of rotatable bonds is 2. The Bertz CT molecular complexity index is 1340. The fourth-order valence-electron chi connectivity index (χ4n) is 3.69. The van der Waals surface area contributed by atoms with Crippen molar-refractivity contribution < 1.29 is 25.8 Å². The van der Waals surface area contributed by atoms with Gasteiger partial charge >= 0.3 is 0 Å². The number of nitrogens with zero attached hydrogens (tertiary/aromatic N) is 2. The van der Waals surface area contributed by atoms with E-state index in [9.17, 15) is 13.6 Å². The van der Waals surface area contributed by atoms with Gasteiger partial charge < -0.3 is 12.4 Å². The highest BCUT2D eigenvalue weighted by molar-refractivity contribution is 6.11. The van der Waals surface area contributed by atoms with Gasteiger partial charge in [0.2, 0.25) is 5.52 Å². The molecule has 0 amide bonds. The lowest BCUT2D eigenvalue weighted by atomic mass is 10.1. The van der Waals surface area contributed by atoms with Crippen molar-refractivity contribution >= 4 is 27.3 Å². The van der Waals surface area contributed by atoms with Gasteiger partial charge in [-0.25, -0.2) is 8.78 Å². The second kappa shape index (κ2) is 6.28. The molecule has 5 aromatic rings. The summed E-state index contributed by atoms with van der Waals surface area (Å²) in [4.78, 5) is 12.5. The minimum absolute atomic E-state index is 0. The molecule has 134 valence electrons. The van der Waals surface area contributed by atoms with Gasteiger partial charge in [-0.1, -0.05) is 24.3 Å². The fourth-order valence-corrected chi connectivity index (χ4v) is 3.69. The van der Waals surface area contributed by atoms with Gasteiger partial charge in [0.1, 0.15) is 17.2 Å². The SMILES string of the molecule is O=c1ccc2c3c(cc[n+]2Cc2c(F)cccc2F)c2ccccc2n13.[Cl-]. The summed E-state index contributed by atoms with van der Waals surface area (Å²) in [7, 11) is 0. The molecule has 0 saturated carbocycles. The van der Waals surface area contributed by atoms with Crippen molar-refractivity contribution in [2.24, 2.45) is 0 Å². The highest BCUT2D eigenvalue weighted by Crippen LogP contribution is 2.28. The van der Waals surface area contributed by atoms with Crippen LogP contribution in [-0.2, 0) is 6.54 Å². The second-order valence-corrected chi connectivity index (χ2v) is 6.32. The van der Waals surface area contributed by atoms with E-state index in [0.29, 0.717) is 0 Å². The molecular formula is C21H13ClF2N2O. The Labute approximate surface area is 158 Å². The van der Waals surface area contributed by atoms with Crippen LogP contribution < -0.4 is 22.5 Å². The van der Waals surface area contributed by atoms with Crippen molar-refractivity contribution in [2.75, 3.05) is 0 Å². The van der Waals surface area contributed by atoms with Crippen LogP contribution in [0.15, 0.2) is 71.7 Å². The van der Waals surface area contributed by atoms with Crippen LogP contribution >= 0.6 is 0 Å². The third-order valence-corrected chi connectivity index (χ3v) is 4.88. The molecule has 0 saturated heterocycles. The van der Waals surface area contributed by atoms with Gasteiger partial charge in [-0.2, -0.15) is 4.57 Å². The Morgan fingerprint density at radius 1 is 0.852 bits per heavy atom. The zero-order chi connectivity index (χ0) is 17.8. The Morgan fingerprint density at radius 2 is 1.59 bits per heavy atom. The third kappa shape index (κ3) is 2.46. The molecule has 0 aliphatic heterocycles. The third-order valence-electron chi connectivity index (χ3n) is 4.88. The standard InChI is InChI=1S/C21H13F2N2O.ClH/c22-16-5-3-6-17(23)15(16)12-24-11-10-14-13-4-1-2-7-18(13)25-20(26)9-8-19(24)21(14)25;/h1-11H,12H2;1H/q+1;/p-1. The minimum atomic E-state index is -0.582. The van der Waals surface area contributed by atoms with E-state index in [4.69, 9.17) is 0 Å². The average Bonchev–Trinajstić information content (AvgIpc) is 2.98. The monoisotopic (exact) mass is 382 g/mol. The largest absolute Gasteiger partial charge is 1.00 e. The maximum absolute atomic E-state index is 14.1. The Kier molecular flexibility index (Phi) is 4.04. The van der Waals surface area contributed by atoms with Crippen molar-refractivity contribution in [1.29, 1.82) is 0 Å². The van der Waals surface area contributed by atoms with Crippen LogP contribution in [0.4, 0.5) is 8.78 Å². The Hall–Kier alpha value is -3.05. The topological polar surface area (TPSA) is 25.4 Å². The smallest absolute Gasteiger partial charge is 0.256 e. The summed E-state index contributed by atoms with van der Waals surface area (Å²) < 4.78 is 31.6. The Balaban J connectivity index is 0.00000180. The molecule has 0 bridgehead atoms.